The minimum atomic E-state index is -0.305. The number of benzene rings is 2. The number of aryl methyl sites for hydroxylation is 1. The number of hydrogen-bond donors (Lipinski definition) is 2. The summed E-state index contributed by atoms with van der Waals surface area (Å²) < 4.78 is 11.7. The maximum Gasteiger partial charge on any atom is 0.262 e. The van der Waals surface area contributed by atoms with Crippen LogP contribution < -0.4 is 20.2 Å². The smallest absolute Gasteiger partial charge is 0.262 e. The van der Waals surface area contributed by atoms with E-state index in [0.29, 0.717) is 22.6 Å². The summed E-state index contributed by atoms with van der Waals surface area (Å²) in [5.74, 6) is 0.959. The Morgan fingerprint density at radius 3 is 2.86 bits per heavy atom. The van der Waals surface area contributed by atoms with Gasteiger partial charge in [-0.3, -0.25) is 9.59 Å². The van der Waals surface area contributed by atoms with Gasteiger partial charge in [-0.2, -0.15) is 0 Å². The van der Waals surface area contributed by atoms with E-state index in [9.17, 15) is 9.59 Å². The van der Waals surface area contributed by atoms with Gasteiger partial charge in [-0.15, -0.1) is 0 Å². The van der Waals surface area contributed by atoms with Crippen molar-refractivity contribution in [2.45, 2.75) is 39.2 Å². The highest BCUT2D eigenvalue weighted by Crippen LogP contribution is 2.41. The average Bonchev–Trinajstić information content (AvgIpc) is 3.01. The fraction of sp³-hybridized carbons (Fsp3) is 0.304. The molecule has 3 aromatic rings. The van der Waals surface area contributed by atoms with Gasteiger partial charge in [0.15, 0.2) is 23.5 Å². The fourth-order valence-electron chi connectivity index (χ4n) is 3.61. The van der Waals surface area contributed by atoms with E-state index >= 15 is 0 Å². The molecular formula is C23H24N2O4. The minimum absolute atomic E-state index is 0.0671. The second-order valence-electron chi connectivity index (χ2n) is 7.89. The molecule has 1 aliphatic rings. The molecule has 0 fully saturated rings. The Labute approximate surface area is 168 Å². The van der Waals surface area contributed by atoms with Crippen molar-refractivity contribution in [1.82, 2.24) is 4.98 Å². The third-order valence-electron chi connectivity index (χ3n) is 4.96. The van der Waals surface area contributed by atoms with E-state index in [1.165, 1.54) is 0 Å². The first kappa shape index (κ1) is 19.1. The van der Waals surface area contributed by atoms with Crippen LogP contribution in [0.5, 0.6) is 11.5 Å². The lowest BCUT2D eigenvalue weighted by atomic mass is 10.0. The van der Waals surface area contributed by atoms with Crippen LogP contribution in [0.3, 0.4) is 0 Å². The zero-order valence-electron chi connectivity index (χ0n) is 16.8. The maximum atomic E-state index is 12.4. The number of amides is 1. The van der Waals surface area contributed by atoms with Crippen molar-refractivity contribution in [3.8, 4) is 11.5 Å². The van der Waals surface area contributed by atoms with Gasteiger partial charge in [-0.05, 0) is 44.5 Å². The summed E-state index contributed by atoms with van der Waals surface area (Å²) in [6, 6.07) is 12.5. The second kappa shape index (κ2) is 7.28. The number of nitrogens with one attached hydrogen (secondary N) is 2. The molecule has 0 unspecified atom stereocenters. The predicted molar refractivity (Wildman–Crippen MR) is 113 cm³/mol. The Morgan fingerprint density at radius 2 is 2.07 bits per heavy atom. The van der Waals surface area contributed by atoms with Gasteiger partial charge in [0, 0.05) is 40.3 Å². The third-order valence-corrected chi connectivity index (χ3v) is 4.96. The average molecular weight is 392 g/mol. The van der Waals surface area contributed by atoms with E-state index in [4.69, 9.17) is 9.47 Å². The van der Waals surface area contributed by atoms with Crippen LogP contribution in [0.4, 0.5) is 5.69 Å². The summed E-state index contributed by atoms with van der Waals surface area (Å²) in [5, 5.41) is 3.33. The van der Waals surface area contributed by atoms with Crippen LogP contribution in [0.15, 0.2) is 47.3 Å². The first-order valence-corrected chi connectivity index (χ1v) is 9.74. The number of aromatic nitrogens is 1. The van der Waals surface area contributed by atoms with E-state index in [1.807, 2.05) is 32.9 Å². The largest absolute Gasteiger partial charge is 0.483 e. The number of ether oxygens (including phenoxy) is 2. The molecule has 2 heterocycles. The molecule has 6 heteroatoms. The van der Waals surface area contributed by atoms with E-state index in [1.54, 1.807) is 30.3 Å². The number of pyridine rings is 1. The first-order chi connectivity index (χ1) is 13.8. The molecule has 0 aliphatic carbocycles. The summed E-state index contributed by atoms with van der Waals surface area (Å²) in [6.07, 6.45) is 1.56. The van der Waals surface area contributed by atoms with Gasteiger partial charge in [0.05, 0.1) is 0 Å². The van der Waals surface area contributed by atoms with Crippen molar-refractivity contribution in [1.29, 1.82) is 0 Å². The molecule has 2 N–H and O–H groups in total. The molecule has 2 aromatic carbocycles. The van der Waals surface area contributed by atoms with Gasteiger partial charge in [-0.1, -0.05) is 19.1 Å². The summed E-state index contributed by atoms with van der Waals surface area (Å²) in [6.45, 7) is 5.88. The molecule has 0 spiro atoms. The fourth-order valence-corrected chi connectivity index (χ4v) is 3.61. The Morgan fingerprint density at radius 1 is 1.24 bits per heavy atom. The van der Waals surface area contributed by atoms with E-state index in [-0.39, 0.29) is 23.5 Å². The molecule has 29 heavy (non-hydrogen) atoms. The standard InChI is InChI=1S/C23H24N2O4/c1-4-15-11-19(26)17-10-16(8-9-18(17)24-15)25-21(27)13-28-20-7-5-6-14-12-23(2,3)29-22(14)20/h5-11H,4,12-13H2,1-3H3,(H,24,26)(H,25,27). The van der Waals surface area contributed by atoms with Gasteiger partial charge in [-0.25, -0.2) is 0 Å². The van der Waals surface area contributed by atoms with Crippen LogP contribution >= 0.6 is 0 Å². The van der Waals surface area contributed by atoms with Crippen LogP contribution in [-0.2, 0) is 17.6 Å². The number of H-pyrrole nitrogens is 1. The highest BCUT2D eigenvalue weighted by Gasteiger charge is 2.32. The molecule has 0 saturated carbocycles. The van der Waals surface area contributed by atoms with Gasteiger partial charge in [0.25, 0.3) is 5.91 Å². The molecule has 1 aromatic heterocycles. The van der Waals surface area contributed by atoms with Gasteiger partial charge >= 0.3 is 0 Å². The molecular weight excluding hydrogens is 368 g/mol. The Balaban J connectivity index is 1.45. The molecule has 0 radical (unpaired) electrons. The van der Waals surface area contributed by atoms with Crippen molar-refractivity contribution in [2.75, 3.05) is 11.9 Å². The first-order valence-electron chi connectivity index (χ1n) is 9.74. The lowest BCUT2D eigenvalue weighted by molar-refractivity contribution is -0.118. The van der Waals surface area contributed by atoms with E-state index < -0.39 is 0 Å². The normalized spacial score (nSPS) is 14.3. The number of aromatic amines is 1. The van der Waals surface area contributed by atoms with E-state index in [0.717, 1.165) is 29.6 Å². The second-order valence-corrected chi connectivity index (χ2v) is 7.89. The zero-order chi connectivity index (χ0) is 20.6. The molecule has 6 nitrogen and oxygen atoms in total. The topological polar surface area (TPSA) is 80.4 Å². The Hall–Kier alpha value is -3.28. The monoisotopic (exact) mass is 392 g/mol. The molecule has 0 atom stereocenters. The van der Waals surface area contributed by atoms with Crippen LogP contribution in [0, 0.1) is 0 Å². The van der Waals surface area contributed by atoms with Gasteiger partial charge in [0.1, 0.15) is 5.60 Å². The van der Waals surface area contributed by atoms with Crippen LogP contribution in [0.25, 0.3) is 10.9 Å². The highest BCUT2D eigenvalue weighted by atomic mass is 16.5. The van der Waals surface area contributed by atoms with Crippen LogP contribution in [0.1, 0.15) is 32.0 Å². The lowest BCUT2D eigenvalue weighted by Gasteiger charge is -2.18. The number of anilines is 1. The molecule has 1 amide bonds. The van der Waals surface area contributed by atoms with Crippen molar-refractivity contribution in [3.63, 3.8) is 0 Å². The van der Waals surface area contributed by atoms with Crippen molar-refractivity contribution >= 4 is 22.5 Å². The SMILES string of the molecule is CCc1cc(=O)c2cc(NC(=O)COc3cccc4c3OC(C)(C)C4)ccc2[nH]1. The van der Waals surface area contributed by atoms with Crippen LogP contribution in [0.2, 0.25) is 0 Å². The highest BCUT2D eigenvalue weighted by molar-refractivity contribution is 5.94. The predicted octanol–water partition coefficient (Wildman–Crippen LogP) is 3.82. The summed E-state index contributed by atoms with van der Waals surface area (Å²) >= 11 is 0. The van der Waals surface area contributed by atoms with Crippen LogP contribution in [-0.4, -0.2) is 23.1 Å². The number of carbonyl (C=O) groups excluding carboxylic acids is 1. The summed E-state index contributed by atoms with van der Waals surface area (Å²) in [5.41, 5.74) is 2.92. The zero-order valence-corrected chi connectivity index (χ0v) is 16.8. The Bertz CT molecular complexity index is 1150. The van der Waals surface area contributed by atoms with Crippen molar-refractivity contribution in [3.05, 3.63) is 63.9 Å². The molecule has 4 rings (SSSR count). The molecule has 0 saturated heterocycles. The summed E-state index contributed by atoms with van der Waals surface area (Å²) in [4.78, 5) is 27.9. The Kier molecular flexibility index (Phi) is 4.78. The lowest BCUT2D eigenvalue weighted by Crippen LogP contribution is -2.25. The number of para-hydroxylation sites is 1. The molecule has 0 bridgehead atoms. The number of fused-ring (bicyclic) bond motifs is 2. The number of rotatable bonds is 5. The number of carbonyl (C=O) groups is 1. The maximum absolute atomic E-state index is 12.4. The van der Waals surface area contributed by atoms with Gasteiger partial charge in [0.2, 0.25) is 0 Å². The van der Waals surface area contributed by atoms with Gasteiger partial charge < -0.3 is 19.8 Å². The van der Waals surface area contributed by atoms with E-state index in [2.05, 4.69) is 10.3 Å². The minimum Gasteiger partial charge on any atom is -0.483 e. The number of hydrogen-bond acceptors (Lipinski definition) is 4. The quantitative estimate of drug-likeness (QED) is 0.692. The molecule has 1 aliphatic heterocycles. The summed E-state index contributed by atoms with van der Waals surface area (Å²) in [7, 11) is 0. The third kappa shape index (κ3) is 3.97. The van der Waals surface area contributed by atoms with Crippen molar-refractivity contribution < 1.29 is 14.3 Å². The van der Waals surface area contributed by atoms with Crippen molar-refractivity contribution in [2.24, 2.45) is 0 Å². The molecule has 150 valence electrons.